The zero-order valence-corrected chi connectivity index (χ0v) is 20.1. The van der Waals surface area contributed by atoms with Gasteiger partial charge in [0.25, 0.3) is 0 Å². The lowest BCUT2D eigenvalue weighted by Crippen LogP contribution is -2.21. The van der Waals surface area contributed by atoms with Crippen LogP contribution in [0, 0.1) is 0 Å². The van der Waals surface area contributed by atoms with E-state index >= 15 is 0 Å². The van der Waals surface area contributed by atoms with E-state index in [1.807, 2.05) is 26.2 Å². The molecule has 3 heterocycles. The minimum atomic E-state index is 0.580. The predicted molar refractivity (Wildman–Crippen MR) is 136 cm³/mol. The van der Waals surface area contributed by atoms with Crippen LogP contribution in [-0.4, -0.2) is 29.3 Å². The molecule has 3 aromatic rings. The number of H-pyrrole nitrogens is 1. The number of fused-ring (bicyclic) bond motifs is 1. The number of pyridine rings is 1. The van der Waals surface area contributed by atoms with Crippen molar-refractivity contribution in [1.82, 2.24) is 15.3 Å². The average Bonchev–Trinajstić information content (AvgIpc) is 3.29. The zero-order chi connectivity index (χ0) is 22.2. The third-order valence-corrected chi connectivity index (χ3v) is 4.89. The van der Waals surface area contributed by atoms with Gasteiger partial charge in [0, 0.05) is 29.9 Å². The molecule has 0 unspecified atom stereocenters. The second-order valence-corrected chi connectivity index (χ2v) is 6.86. The Kier molecular flexibility index (Phi) is 13.9. The molecule has 4 N–H and O–H groups in total. The lowest BCUT2D eigenvalue weighted by Gasteiger charge is -2.08. The topological polar surface area (TPSA) is 66.7 Å². The van der Waals surface area contributed by atoms with E-state index in [0.29, 0.717) is 6.54 Å². The van der Waals surface area contributed by atoms with Crippen molar-refractivity contribution >= 4 is 23.7 Å². The van der Waals surface area contributed by atoms with E-state index in [0.717, 1.165) is 24.1 Å². The van der Waals surface area contributed by atoms with Gasteiger partial charge in [-0.1, -0.05) is 57.9 Å². The van der Waals surface area contributed by atoms with Gasteiger partial charge in [0.2, 0.25) is 0 Å². The van der Waals surface area contributed by atoms with Gasteiger partial charge >= 0.3 is 0 Å². The zero-order valence-electron chi connectivity index (χ0n) is 19.2. The summed E-state index contributed by atoms with van der Waals surface area (Å²) in [7, 11) is 0. The molecule has 4 rings (SSSR count). The van der Waals surface area contributed by atoms with Gasteiger partial charge in [-0.15, -0.1) is 0 Å². The van der Waals surface area contributed by atoms with Crippen LogP contribution in [0.4, 0.5) is 0 Å². The number of hydrogen-bond acceptors (Lipinski definition) is 4. The Balaban J connectivity index is 0.000000378. The van der Waals surface area contributed by atoms with Gasteiger partial charge in [-0.05, 0) is 61.4 Å². The van der Waals surface area contributed by atoms with Crippen LogP contribution in [0.5, 0.6) is 0 Å². The monoisotopic (exact) mass is 428 g/mol. The van der Waals surface area contributed by atoms with Gasteiger partial charge in [-0.25, -0.2) is 4.98 Å². The first-order chi connectivity index (χ1) is 14.8. The largest absolute Gasteiger partial charge is 0.346 e. The molecule has 0 atom stereocenters. The van der Waals surface area contributed by atoms with Crippen molar-refractivity contribution in [2.24, 2.45) is 5.73 Å². The molecule has 0 bridgehead atoms. The number of benzene rings is 1. The highest BCUT2D eigenvalue weighted by Gasteiger charge is 2.10. The number of hydrogen-bond donors (Lipinski definition) is 4. The fourth-order valence-corrected chi connectivity index (χ4v) is 3.45. The molecule has 4 nitrogen and oxygen atoms in total. The average molecular weight is 429 g/mol. The Hall–Kier alpha value is -1.82. The molecular weight excluding hydrogens is 388 g/mol. The second kappa shape index (κ2) is 15.9. The molecule has 1 aliphatic rings. The van der Waals surface area contributed by atoms with Crippen molar-refractivity contribution in [3.05, 3.63) is 53.9 Å². The summed E-state index contributed by atoms with van der Waals surface area (Å²) in [5.74, 6) is 0. The molecule has 5 heteroatoms. The minimum Gasteiger partial charge on any atom is -0.346 e. The number of aryl methyl sites for hydroxylation is 1. The van der Waals surface area contributed by atoms with Gasteiger partial charge in [0.15, 0.2) is 0 Å². The molecule has 0 radical (unpaired) electrons. The van der Waals surface area contributed by atoms with Gasteiger partial charge in [-0.2, -0.15) is 12.6 Å². The molecule has 2 aromatic heterocycles. The number of rotatable bonds is 4. The van der Waals surface area contributed by atoms with E-state index < -0.39 is 0 Å². The van der Waals surface area contributed by atoms with Crippen LogP contribution in [0.2, 0.25) is 0 Å². The fraction of sp³-hybridized carbons (Fsp3) is 0.480. The van der Waals surface area contributed by atoms with E-state index in [1.54, 1.807) is 6.26 Å². The number of aromatic amines is 1. The first-order valence-electron chi connectivity index (χ1n) is 11.2. The van der Waals surface area contributed by atoms with Gasteiger partial charge in [0.1, 0.15) is 5.65 Å². The van der Waals surface area contributed by atoms with Gasteiger partial charge in [0.05, 0.1) is 0 Å². The van der Waals surface area contributed by atoms with E-state index in [2.05, 4.69) is 65.2 Å². The number of thiol groups is 1. The third kappa shape index (κ3) is 7.78. The summed E-state index contributed by atoms with van der Waals surface area (Å²) in [5, 5.41) is 4.53. The minimum absolute atomic E-state index is 0.580. The Morgan fingerprint density at radius 1 is 1.00 bits per heavy atom. The van der Waals surface area contributed by atoms with Crippen LogP contribution in [-0.2, 0) is 13.0 Å². The number of nitrogens with two attached hydrogens (primary N) is 1. The van der Waals surface area contributed by atoms with E-state index in [9.17, 15) is 0 Å². The maximum atomic E-state index is 5.66. The Morgan fingerprint density at radius 2 is 1.67 bits per heavy atom. The van der Waals surface area contributed by atoms with Crippen LogP contribution in [0.3, 0.4) is 0 Å². The van der Waals surface area contributed by atoms with E-state index in [-0.39, 0.29) is 0 Å². The summed E-state index contributed by atoms with van der Waals surface area (Å²) in [5.41, 5.74) is 11.6. The smallest absolute Gasteiger partial charge is 0.138 e. The van der Waals surface area contributed by atoms with Crippen molar-refractivity contribution in [2.45, 2.75) is 59.4 Å². The third-order valence-electron chi connectivity index (χ3n) is 4.89. The number of piperidine rings is 1. The fourth-order valence-electron chi connectivity index (χ4n) is 3.45. The lowest BCUT2D eigenvalue weighted by molar-refractivity contribution is 0.520. The van der Waals surface area contributed by atoms with Gasteiger partial charge < -0.3 is 16.0 Å². The highest BCUT2D eigenvalue weighted by Crippen LogP contribution is 2.31. The molecule has 0 aliphatic carbocycles. The van der Waals surface area contributed by atoms with Gasteiger partial charge in [-0.3, -0.25) is 0 Å². The summed E-state index contributed by atoms with van der Waals surface area (Å²) in [6, 6.07) is 10.6. The Bertz CT molecular complexity index is 796. The lowest BCUT2D eigenvalue weighted by atomic mass is 9.99. The summed E-state index contributed by atoms with van der Waals surface area (Å²) < 4.78 is 0. The molecule has 0 amide bonds. The van der Waals surface area contributed by atoms with Crippen molar-refractivity contribution in [1.29, 1.82) is 0 Å². The molecule has 166 valence electrons. The highest BCUT2D eigenvalue weighted by molar-refractivity contribution is 7.79. The maximum Gasteiger partial charge on any atom is 0.138 e. The molecule has 30 heavy (non-hydrogen) atoms. The highest BCUT2D eigenvalue weighted by atomic mass is 32.1. The predicted octanol–water partition coefficient (Wildman–Crippen LogP) is 5.97. The molecule has 1 fully saturated rings. The second-order valence-electron chi connectivity index (χ2n) is 6.86. The van der Waals surface area contributed by atoms with Crippen LogP contribution in [0.25, 0.3) is 22.2 Å². The Labute approximate surface area is 188 Å². The number of nitrogens with one attached hydrogen (secondary N) is 2. The number of nitrogens with zero attached hydrogens (tertiary/aromatic N) is 1. The van der Waals surface area contributed by atoms with Crippen LogP contribution < -0.4 is 11.1 Å². The molecule has 1 saturated heterocycles. The summed E-state index contributed by atoms with van der Waals surface area (Å²) in [6.45, 7) is 9.28. The number of aromatic nitrogens is 2. The first-order valence-corrected chi connectivity index (χ1v) is 12.1. The maximum absolute atomic E-state index is 5.66. The molecule has 0 saturated carbocycles. The van der Waals surface area contributed by atoms with Crippen molar-refractivity contribution < 1.29 is 0 Å². The normalized spacial score (nSPS) is 12.6. The van der Waals surface area contributed by atoms with E-state index in [1.165, 1.54) is 54.4 Å². The SMILES string of the molecule is C1CCNCC1.CC.CCCc1ccnc2[nH]cc(-c3ccc(CN)cc3)c12.CS. The summed E-state index contributed by atoms with van der Waals surface area (Å²) >= 11 is 3.53. The molecular formula is C25H40N4S. The van der Waals surface area contributed by atoms with Crippen LogP contribution in [0.1, 0.15) is 57.6 Å². The van der Waals surface area contributed by atoms with Crippen molar-refractivity contribution in [2.75, 3.05) is 19.3 Å². The summed E-state index contributed by atoms with van der Waals surface area (Å²) in [6.07, 6.45) is 12.0. The Morgan fingerprint density at radius 3 is 2.17 bits per heavy atom. The van der Waals surface area contributed by atoms with Crippen molar-refractivity contribution in [3.63, 3.8) is 0 Å². The van der Waals surface area contributed by atoms with Crippen LogP contribution >= 0.6 is 12.6 Å². The van der Waals surface area contributed by atoms with Crippen molar-refractivity contribution in [3.8, 4) is 11.1 Å². The quantitative estimate of drug-likeness (QED) is 0.387. The standard InChI is InChI=1S/C17H19N3.C5H11N.C2H6.CH4S/c1-2-3-14-8-9-19-17-16(14)15(11-20-17)13-6-4-12(10-18)5-7-13;1-2-4-6-5-3-1;2*1-2/h4-9,11H,2-3,10,18H2,1H3,(H,19,20);6H,1-5H2;1-2H3;2H,1H3. The summed E-state index contributed by atoms with van der Waals surface area (Å²) in [4.78, 5) is 7.71. The molecule has 1 aromatic carbocycles. The molecule has 0 spiro atoms. The van der Waals surface area contributed by atoms with E-state index in [4.69, 9.17) is 5.73 Å². The molecule has 1 aliphatic heterocycles. The first kappa shape index (κ1) is 26.2. The van der Waals surface area contributed by atoms with Crippen LogP contribution in [0.15, 0.2) is 42.7 Å².